The van der Waals surface area contributed by atoms with Crippen LogP contribution in [0.25, 0.3) is 22.1 Å². The fourth-order valence-corrected chi connectivity index (χ4v) is 4.48. The first-order chi connectivity index (χ1) is 14.6. The number of piperidine rings is 1. The number of amides is 1. The van der Waals surface area contributed by atoms with E-state index in [1.807, 2.05) is 40.1 Å². The average Bonchev–Trinajstić information content (AvgIpc) is 3.33. The Kier molecular flexibility index (Phi) is 4.77. The molecule has 3 heterocycles. The summed E-state index contributed by atoms with van der Waals surface area (Å²) < 4.78 is 4.23. The molecule has 5 rings (SSSR count). The van der Waals surface area contributed by atoms with E-state index in [4.69, 9.17) is 0 Å². The topological polar surface area (TPSA) is 56.0 Å². The molecule has 0 N–H and O–H groups in total. The summed E-state index contributed by atoms with van der Waals surface area (Å²) in [5.41, 5.74) is 6.81. The summed E-state index contributed by atoms with van der Waals surface area (Å²) in [7, 11) is 0. The molecule has 1 amide bonds. The first-order valence-corrected chi connectivity index (χ1v) is 10.7. The second-order valence-corrected chi connectivity index (χ2v) is 8.51. The Morgan fingerprint density at radius 1 is 0.933 bits per heavy atom. The van der Waals surface area contributed by atoms with Crippen molar-refractivity contribution >= 4 is 28.0 Å². The zero-order valence-corrected chi connectivity index (χ0v) is 17.6. The van der Waals surface area contributed by atoms with E-state index in [2.05, 4.69) is 40.5 Å². The number of carbonyl (C=O) groups is 1. The largest absolute Gasteiger partial charge is 0.341 e. The highest BCUT2D eigenvalue weighted by atomic mass is 16.2. The molecule has 2 aromatic heterocycles. The maximum atomic E-state index is 12.8. The summed E-state index contributed by atoms with van der Waals surface area (Å²) in [6, 6.07) is 12.4. The Balaban J connectivity index is 1.21. The molecule has 0 unspecified atom stereocenters. The molecule has 1 fully saturated rings. The molecule has 1 saturated heterocycles. The molecule has 0 aliphatic carbocycles. The number of hydrogen-bond acceptors (Lipinski definition) is 3. The quantitative estimate of drug-likeness (QED) is 0.520. The van der Waals surface area contributed by atoms with Crippen molar-refractivity contribution in [2.24, 2.45) is 5.92 Å². The Bertz CT molecular complexity index is 1210. The van der Waals surface area contributed by atoms with Crippen molar-refractivity contribution in [1.29, 1.82) is 0 Å². The summed E-state index contributed by atoms with van der Waals surface area (Å²) in [4.78, 5) is 23.8. The van der Waals surface area contributed by atoms with Crippen LogP contribution in [-0.2, 0) is 17.9 Å². The summed E-state index contributed by atoms with van der Waals surface area (Å²) >= 11 is 0. The number of carbonyl (C=O) groups excluding carboxylic acids is 1. The lowest BCUT2D eigenvalue weighted by Gasteiger charge is -2.32. The third-order valence-electron chi connectivity index (χ3n) is 6.49. The van der Waals surface area contributed by atoms with Crippen molar-refractivity contribution < 1.29 is 4.79 Å². The average molecular weight is 402 g/mol. The predicted octanol–water partition coefficient (Wildman–Crippen LogP) is 3.94. The Labute approximate surface area is 176 Å². The van der Waals surface area contributed by atoms with Gasteiger partial charge in [-0.2, -0.15) is 0 Å². The van der Waals surface area contributed by atoms with E-state index in [0.29, 0.717) is 12.5 Å². The van der Waals surface area contributed by atoms with E-state index in [1.165, 1.54) is 16.6 Å². The van der Waals surface area contributed by atoms with Crippen LogP contribution in [0, 0.1) is 19.8 Å². The number of nitrogens with zero attached hydrogens (tertiary/aromatic N) is 5. The molecule has 1 aliphatic heterocycles. The zero-order valence-electron chi connectivity index (χ0n) is 17.6. The highest BCUT2D eigenvalue weighted by Crippen LogP contribution is 2.24. The molecule has 6 nitrogen and oxygen atoms in total. The standard InChI is InChI=1S/C24H27N5O/c1-17-11-21-23(12-18(17)2)28(16-26-21)13-19-7-9-27(10-8-19)24(30)14-29-15-25-20-5-3-4-6-22(20)29/h3-6,11-12,15-16,19H,7-10,13-14H2,1-2H3. The van der Waals surface area contributed by atoms with Gasteiger partial charge in [-0.05, 0) is 68.0 Å². The highest BCUT2D eigenvalue weighted by molar-refractivity contribution is 5.80. The van der Waals surface area contributed by atoms with Gasteiger partial charge in [0.15, 0.2) is 0 Å². The monoisotopic (exact) mass is 401 g/mol. The van der Waals surface area contributed by atoms with E-state index in [9.17, 15) is 4.79 Å². The molecule has 0 bridgehead atoms. The number of rotatable bonds is 4. The third kappa shape index (κ3) is 3.47. The minimum Gasteiger partial charge on any atom is -0.341 e. The van der Waals surface area contributed by atoms with Gasteiger partial charge in [-0.25, -0.2) is 9.97 Å². The molecule has 0 spiro atoms. The minimum absolute atomic E-state index is 0.177. The lowest BCUT2D eigenvalue weighted by Crippen LogP contribution is -2.40. The second kappa shape index (κ2) is 7.59. The molecular weight excluding hydrogens is 374 g/mol. The summed E-state index contributed by atoms with van der Waals surface area (Å²) in [6.45, 7) is 7.25. The van der Waals surface area contributed by atoms with Gasteiger partial charge in [0.1, 0.15) is 6.54 Å². The SMILES string of the molecule is Cc1cc2ncn(CC3CCN(C(=O)Cn4cnc5ccccc54)CC3)c2cc1C. The van der Waals surface area contributed by atoms with Gasteiger partial charge in [0.05, 0.1) is 34.7 Å². The maximum absolute atomic E-state index is 12.8. The predicted molar refractivity (Wildman–Crippen MR) is 118 cm³/mol. The number of hydrogen-bond donors (Lipinski definition) is 0. The number of para-hydroxylation sites is 2. The third-order valence-corrected chi connectivity index (χ3v) is 6.49. The van der Waals surface area contributed by atoms with Crippen LogP contribution < -0.4 is 0 Å². The highest BCUT2D eigenvalue weighted by Gasteiger charge is 2.24. The van der Waals surface area contributed by atoms with Crippen LogP contribution in [0.5, 0.6) is 0 Å². The molecule has 0 radical (unpaired) electrons. The van der Waals surface area contributed by atoms with Crippen molar-refractivity contribution in [2.45, 2.75) is 39.8 Å². The van der Waals surface area contributed by atoms with Gasteiger partial charge in [0.2, 0.25) is 5.91 Å². The van der Waals surface area contributed by atoms with Crippen LogP contribution in [0.2, 0.25) is 0 Å². The fourth-order valence-electron chi connectivity index (χ4n) is 4.48. The van der Waals surface area contributed by atoms with Gasteiger partial charge < -0.3 is 14.0 Å². The number of aromatic nitrogens is 4. The second-order valence-electron chi connectivity index (χ2n) is 8.51. The number of imidazole rings is 2. The van der Waals surface area contributed by atoms with Gasteiger partial charge in [-0.15, -0.1) is 0 Å². The van der Waals surface area contributed by atoms with E-state index >= 15 is 0 Å². The number of likely N-dealkylation sites (tertiary alicyclic amines) is 1. The number of fused-ring (bicyclic) bond motifs is 2. The van der Waals surface area contributed by atoms with Crippen LogP contribution in [0.4, 0.5) is 0 Å². The first kappa shape index (κ1) is 18.9. The smallest absolute Gasteiger partial charge is 0.242 e. The van der Waals surface area contributed by atoms with Crippen molar-refractivity contribution in [3.05, 3.63) is 60.2 Å². The van der Waals surface area contributed by atoms with Crippen LogP contribution in [0.15, 0.2) is 49.1 Å². The van der Waals surface area contributed by atoms with Crippen molar-refractivity contribution in [3.8, 4) is 0 Å². The number of aryl methyl sites for hydroxylation is 2. The molecule has 154 valence electrons. The molecule has 2 aromatic carbocycles. The maximum Gasteiger partial charge on any atom is 0.242 e. The summed E-state index contributed by atoms with van der Waals surface area (Å²) in [5, 5.41) is 0. The first-order valence-electron chi connectivity index (χ1n) is 10.7. The molecular formula is C24H27N5O. The van der Waals surface area contributed by atoms with Crippen LogP contribution in [0.1, 0.15) is 24.0 Å². The Hall–Kier alpha value is -3.15. The Morgan fingerprint density at radius 3 is 2.47 bits per heavy atom. The van der Waals surface area contributed by atoms with Gasteiger partial charge in [0, 0.05) is 19.6 Å². The van der Waals surface area contributed by atoms with Crippen molar-refractivity contribution in [3.63, 3.8) is 0 Å². The number of benzene rings is 2. The van der Waals surface area contributed by atoms with Crippen molar-refractivity contribution in [1.82, 2.24) is 24.0 Å². The molecule has 0 atom stereocenters. The zero-order chi connectivity index (χ0) is 20.7. The van der Waals surface area contributed by atoms with Gasteiger partial charge in [0.25, 0.3) is 0 Å². The summed E-state index contributed by atoms with van der Waals surface area (Å²) in [6.07, 6.45) is 5.79. The van der Waals surface area contributed by atoms with Crippen molar-refractivity contribution in [2.75, 3.05) is 13.1 Å². The molecule has 6 heteroatoms. The molecule has 4 aromatic rings. The fraction of sp³-hybridized carbons (Fsp3) is 0.375. The van der Waals surface area contributed by atoms with E-state index in [0.717, 1.165) is 49.0 Å². The van der Waals surface area contributed by atoms with Gasteiger partial charge >= 0.3 is 0 Å². The van der Waals surface area contributed by atoms with E-state index < -0.39 is 0 Å². The molecule has 0 saturated carbocycles. The van der Waals surface area contributed by atoms with E-state index in [1.54, 1.807) is 6.33 Å². The molecule has 30 heavy (non-hydrogen) atoms. The lowest BCUT2D eigenvalue weighted by molar-refractivity contribution is -0.133. The van der Waals surface area contributed by atoms with Gasteiger partial charge in [-0.1, -0.05) is 12.1 Å². The Morgan fingerprint density at radius 2 is 1.63 bits per heavy atom. The van der Waals surface area contributed by atoms with Crippen LogP contribution in [-0.4, -0.2) is 43.0 Å². The minimum atomic E-state index is 0.177. The van der Waals surface area contributed by atoms with Crippen LogP contribution >= 0.6 is 0 Å². The molecule has 1 aliphatic rings. The van der Waals surface area contributed by atoms with Gasteiger partial charge in [-0.3, -0.25) is 4.79 Å². The lowest BCUT2D eigenvalue weighted by atomic mass is 9.96. The van der Waals surface area contributed by atoms with Crippen LogP contribution in [0.3, 0.4) is 0 Å². The normalized spacial score (nSPS) is 15.3. The summed E-state index contributed by atoms with van der Waals surface area (Å²) in [5.74, 6) is 0.748. The van der Waals surface area contributed by atoms with E-state index in [-0.39, 0.29) is 5.91 Å².